The van der Waals surface area contributed by atoms with Gasteiger partial charge in [0.2, 0.25) is 10.0 Å². The van der Waals surface area contributed by atoms with Gasteiger partial charge < -0.3 is 0 Å². The molecule has 3 nitrogen and oxygen atoms in total. The molecule has 4 heteroatoms. The van der Waals surface area contributed by atoms with Crippen molar-refractivity contribution in [1.82, 2.24) is 4.31 Å². The van der Waals surface area contributed by atoms with Crippen molar-refractivity contribution in [2.75, 3.05) is 12.8 Å². The summed E-state index contributed by atoms with van der Waals surface area (Å²) in [6.07, 6.45) is 2.37. The van der Waals surface area contributed by atoms with Crippen LogP contribution >= 0.6 is 0 Å². The van der Waals surface area contributed by atoms with Crippen molar-refractivity contribution < 1.29 is 8.42 Å². The molecule has 0 radical (unpaired) electrons. The van der Waals surface area contributed by atoms with Crippen molar-refractivity contribution >= 4 is 10.0 Å². The summed E-state index contributed by atoms with van der Waals surface area (Å²) in [7, 11) is -1.29. The summed E-state index contributed by atoms with van der Waals surface area (Å²) in [5.41, 5.74) is 0. The second-order valence-electron chi connectivity index (χ2n) is 3.49. The van der Waals surface area contributed by atoms with Crippen molar-refractivity contribution in [2.45, 2.75) is 32.7 Å². The highest BCUT2D eigenvalue weighted by atomic mass is 32.2. The van der Waals surface area contributed by atoms with E-state index in [0.717, 1.165) is 0 Å². The zero-order valence-corrected chi connectivity index (χ0v) is 8.76. The standard InChI is InChI=1S/C8H17NO2S/c1-4-12(10,11)9(3)7(2)8-5-6-8/h7-8H,4-6H2,1-3H3. The molecular weight excluding hydrogens is 174 g/mol. The molecule has 1 atom stereocenters. The maximum Gasteiger partial charge on any atom is 0.213 e. The molecule has 1 saturated carbocycles. The van der Waals surface area contributed by atoms with E-state index in [2.05, 4.69) is 0 Å². The molecule has 0 amide bonds. The van der Waals surface area contributed by atoms with Gasteiger partial charge in [-0.1, -0.05) is 0 Å². The van der Waals surface area contributed by atoms with E-state index in [0.29, 0.717) is 5.92 Å². The molecule has 12 heavy (non-hydrogen) atoms. The van der Waals surface area contributed by atoms with Gasteiger partial charge in [0.05, 0.1) is 5.75 Å². The third kappa shape index (κ3) is 1.98. The lowest BCUT2D eigenvalue weighted by atomic mass is 10.2. The highest BCUT2D eigenvalue weighted by Crippen LogP contribution is 2.35. The van der Waals surface area contributed by atoms with Crippen LogP contribution in [0.15, 0.2) is 0 Å². The van der Waals surface area contributed by atoms with Gasteiger partial charge in [0.15, 0.2) is 0 Å². The van der Waals surface area contributed by atoms with Crippen molar-refractivity contribution in [2.24, 2.45) is 5.92 Å². The quantitative estimate of drug-likeness (QED) is 0.666. The van der Waals surface area contributed by atoms with Gasteiger partial charge in [-0.3, -0.25) is 0 Å². The second kappa shape index (κ2) is 3.34. The van der Waals surface area contributed by atoms with Crippen molar-refractivity contribution in [3.05, 3.63) is 0 Å². The lowest BCUT2D eigenvalue weighted by Gasteiger charge is -2.23. The van der Waals surface area contributed by atoms with Crippen LogP contribution < -0.4 is 0 Å². The molecule has 1 fully saturated rings. The molecule has 0 bridgehead atoms. The van der Waals surface area contributed by atoms with Crippen molar-refractivity contribution in [1.29, 1.82) is 0 Å². The van der Waals surface area contributed by atoms with Crippen LogP contribution in [0, 0.1) is 5.92 Å². The fourth-order valence-electron chi connectivity index (χ4n) is 1.33. The molecule has 0 N–H and O–H groups in total. The van der Waals surface area contributed by atoms with E-state index in [-0.39, 0.29) is 11.8 Å². The Bertz CT molecular complexity index is 244. The van der Waals surface area contributed by atoms with E-state index in [9.17, 15) is 8.42 Å². The minimum Gasteiger partial charge on any atom is -0.212 e. The number of hydrogen-bond donors (Lipinski definition) is 0. The Morgan fingerprint density at radius 3 is 2.33 bits per heavy atom. The lowest BCUT2D eigenvalue weighted by molar-refractivity contribution is 0.357. The predicted molar refractivity (Wildman–Crippen MR) is 49.4 cm³/mol. The van der Waals surface area contributed by atoms with Gasteiger partial charge in [-0.25, -0.2) is 12.7 Å². The molecule has 72 valence electrons. The first-order valence-corrected chi connectivity index (χ1v) is 6.05. The molecule has 1 unspecified atom stereocenters. The molecule has 0 aromatic rings. The van der Waals surface area contributed by atoms with Gasteiger partial charge >= 0.3 is 0 Å². The molecule has 0 saturated heterocycles. The molecule has 1 aliphatic rings. The zero-order chi connectivity index (χ0) is 9.35. The molecular formula is C8H17NO2S. The van der Waals surface area contributed by atoms with Crippen LogP contribution in [0.4, 0.5) is 0 Å². The Balaban J connectivity index is 2.62. The second-order valence-corrected chi connectivity index (χ2v) is 5.81. The van der Waals surface area contributed by atoms with Crippen molar-refractivity contribution in [3.8, 4) is 0 Å². The number of hydrogen-bond acceptors (Lipinski definition) is 2. The smallest absolute Gasteiger partial charge is 0.212 e. The molecule has 1 rings (SSSR count). The molecule has 0 aromatic carbocycles. The van der Waals surface area contributed by atoms with Crippen LogP contribution in [0.25, 0.3) is 0 Å². The Kier molecular flexibility index (Phi) is 2.78. The Morgan fingerprint density at radius 1 is 1.50 bits per heavy atom. The third-order valence-electron chi connectivity index (χ3n) is 2.68. The molecule has 0 heterocycles. The van der Waals surface area contributed by atoms with Crippen LogP contribution in [0.1, 0.15) is 26.7 Å². The van der Waals surface area contributed by atoms with E-state index in [1.54, 1.807) is 14.0 Å². The van der Waals surface area contributed by atoms with Crippen LogP contribution in [0.5, 0.6) is 0 Å². The van der Waals surface area contributed by atoms with Gasteiger partial charge in [0.25, 0.3) is 0 Å². The maximum atomic E-state index is 11.4. The topological polar surface area (TPSA) is 37.4 Å². The monoisotopic (exact) mass is 191 g/mol. The summed E-state index contributed by atoms with van der Waals surface area (Å²) in [6, 6.07) is 0.190. The Morgan fingerprint density at radius 2 is 2.00 bits per heavy atom. The van der Waals surface area contributed by atoms with E-state index in [1.807, 2.05) is 6.92 Å². The minimum absolute atomic E-state index is 0.190. The largest absolute Gasteiger partial charge is 0.213 e. The predicted octanol–water partition coefficient (Wildman–Crippen LogP) is 1.07. The first kappa shape index (κ1) is 9.99. The average Bonchev–Trinajstić information content (AvgIpc) is 2.84. The lowest BCUT2D eigenvalue weighted by Crippen LogP contribution is -2.37. The van der Waals surface area contributed by atoms with E-state index < -0.39 is 10.0 Å². The maximum absolute atomic E-state index is 11.4. The summed E-state index contributed by atoms with van der Waals surface area (Å²) in [5.74, 6) is 0.817. The van der Waals surface area contributed by atoms with E-state index >= 15 is 0 Å². The molecule has 1 aliphatic carbocycles. The first-order chi connectivity index (χ1) is 5.49. The van der Waals surface area contributed by atoms with Gasteiger partial charge in [0, 0.05) is 13.1 Å². The third-order valence-corrected chi connectivity index (χ3v) is 4.62. The van der Waals surface area contributed by atoms with Gasteiger partial charge in [-0.05, 0) is 32.6 Å². The van der Waals surface area contributed by atoms with Crippen LogP contribution in [-0.2, 0) is 10.0 Å². The number of sulfonamides is 1. The summed E-state index contributed by atoms with van der Waals surface area (Å²) in [4.78, 5) is 0. The minimum atomic E-state index is -2.97. The zero-order valence-electron chi connectivity index (χ0n) is 7.95. The highest BCUT2D eigenvalue weighted by molar-refractivity contribution is 7.89. The molecule has 0 aliphatic heterocycles. The van der Waals surface area contributed by atoms with Crippen molar-refractivity contribution in [3.63, 3.8) is 0 Å². The fourth-order valence-corrected chi connectivity index (χ4v) is 2.42. The number of rotatable bonds is 4. The van der Waals surface area contributed by atoms with E-state index in [4.69, 9.17) is 0 Å². The van der Waals surface area contributed by atoms with Crippen LogP contribution in [0.2, 0.25) is 0 Å². The van der Waals surface area contributed by atoms with Crippen LogP contribution in [0.3, 0.4) is 0 Å². The average molecular weight is 191 g/mol. The molecule has 0 aromatic heterocycles. The first-order valence-electron chi connectivity index (χ1n) is 4.44. The van der Waals surface area contributed by atoms with Gasteiger partial charge in [0.1, 0.15) is 0 Å². The van der Waals surface area contributed by atoms with E-state index in [1.165, 1.54) is 17.1 Å². The summed E-state index contributed by atoms with van der Waals surface area (Å²) in [6.45, 7) is 3.68. The Labute approximate surface area is 74.8 Å². The highest BCUT2D eigenvalue weighted by Gasteiger charge is 2.34. The normalized spacial score (nSPS) is 21.3. The number of nitrogens with zero attached hydrogens (tertiary/aromatic N) is 1. The summed E-state index contributed by atoms with van der Waals surface area (Å²) in [5, 5.41) is 0. The van der Waals surface area contributed by atoms with Gasteiger partial charge in [-0.15, -0.1) is 0 Å². The van der Waals surface area contributed by atoms with Crippen LogP contribution in [-0.4, -0.2) is 31.6 Å². The van der Waals surface area contributed by atoms with Gasteiger partial charge in [-0.2, -0.15) is 0 Å². The summed E-state index contributed by atoms with van der Waals surface area (Å²) < 4.78 is 24.3. The fraction of sp³-hybridized carbons (Fsp3) is 1.00. The molecule has 0 spiro atoms. The Hall–Kier alpha value is -0.0900. The SMILES string of the molecule is CCS(=O)(=O)N(C)C(C)C1CC1. The summed E-state index contributed by atoms with van der Waals surface area (Å²) >= 11 is 0.